The molecule has 1 aromatic carbocycles. The highest BCUT2D eigenvalue weighted by atomic mass is 16.5. The summed E-state index contributed by atoms with van der Waals surface area (Å²) in [6.07, 6.45) is 3.47. The predicted octanol–water partition coefficient (Wildman–Crippen LogP) is 3.13. The first kappa shape index (κ1) is 11.9. The molecule has 0 bridgehead atoms. The van der Waals surface area contributed by atoms with Crippen molar-refractivity contribution in [2.45, 2.75) is 32.8 Å². The maximum Gasteiger partial charge on any atom is 0.168 e. The molecule has 0 N–H and O–H groups in total. The minimum absolute atomic E-state index is 0.0198. The van der Waals surface area contributed by atoms with E-state index in [1.807, 2.05) is 32.0 Å². The number of rotatable bonds is 3. The summed E-state index contributed by atoms with van der Waals surface area (Å²) in [4.78, 5) is 11.8. The van der Waals surface area contributed by atoms with Gasteiger partial charge in [0.2, 0.25) is 0 Å². The van der Waals surface area contributed by atoms with Gasteiger partial charge < -0.3 is 4.74 Å². The van der Waals surface area contributed by atoms with Gasteiger partial charge in [0.25, 0.3) is 0 Å². The molecule has 0 amide bonds. The minimum Gasteiger partial charge on any atom is -0.497 e. The highest BCUT2D eigenvalue weighted by Gasteiger charge is 2.29. The zero-order chi connectivity index (χ0) is 12.3. The van der Waals surface area contributed by atoms with E-state index < -0.39 is 0 Å². The third kappa shape index (κ3) is 2.76. The van der Waals surface area contributed by atoms with E-state index in [4.69, 9.17) is 4.74 Å². The Balaban J connectivity index is 1.95. The van der Waals surface area contributed by atoms with Crippen molar-refractivity contribution in [3.63, 3.8) is 0 Å². The molecule has 1 heterocycles. The van der Waals surface area contributed by atoms with Gasteiger partial charge in [-0.1, -0.05) is 37.3 Å². The van der Waals surface area contributed by atoms with Crippen LogP contribution >= 0.6 is 0 Å². The van der Waals surface area contributed by atoms with Crippen LogP contribution in [0.4, 0.5) is 0 Å². The van der Waals surface area contributed by atoms with Crippen molar-refractivity contribution < 1.29 is 9.53 Å². The molecule has 1 aliphatic heterocycles. The van der Waals surface area contributed by atoms with Crippen molar-refractivity contribution in [2.75, 3.05) is 0 Å². The minimum atomic E-state index is -0.0243. The van der Waals surface area contributed by atoms with Gasteiger partial charge in [0.15, 0.2) is 5.78 Å². The summed E-state index contributed by atoms with van der Waals surface area (Å²) in [5.41, 5.74) is 2.02. The fourth-order valence-corrected chi connectivity index (χ4v) is 2.16. The van der Waals surface area contributed by atoms with Crippen molar-refractivity contribution in [1.29, 1.82) is 0 Å². The topological polar surface area (TPSA) is 26.3 Å². The molecule has 0 unspecified atom stereocenters. The van der Waals surface area contributed by atoms with Gasteiger partial charge in [-0.3, -0.25) is 4.79 Å². The van der Waals surface area contributed by atoms with E-state index in [0.717, 1.165) is 18.4 Å². The molecule has 0 aromatic heterocycles. The van der Waals surface area contributed by atoms with Gasteiger partial charge in [0.05, 0.1) is 12.2 Å². The molecule has 0 saturated heterocycles. The second-order valence-electron chi connectivity index (χ2n) is 4.65. The van der Waals surface area contributed by atoms with Crippen LogP contribution < -0.4 is 0 Å². The van der Waals surface area contributed by atoms with Crippen molar-refractivity contribution in [3.8, 4) is 0 Å². The van der Waals surface area contributed by atoms with Crippen LogP contribution in [0.3, 0.4) is 0 Å². The number of Topliss-reactive ketones (excluding diaryl/α,β-unsaturated/α-hetero) is 1. The Morgan fingerprint density at radius 1 is 1.24 bits per heavy atom. The summed E-state index contributed by atoms with van der Waals surface area (Å²) in [5.74, 6) is 0.193. The monoisotopic (exact) mass is 230 g/mol. The summed E-state index contributed by atoms with van der Waals surface area (Å²) >= 11 is 0. The summed E-state index contributed by atoms with van der Waals surface area (Å²) in [5, 5.41) is 0. The lowest BCUT2D eigenvalue weighted by Gasteiger charge is -2.27. The number of ether oxygens (including phenoxy) is 1. The number of carbonyl (C=O) groups is 1. The smallest absolute Gasteiger partial charge is 0.168 e. The molecule has 0 saturated carbocycles. The number of aryl methyl sites for hydroxylation is 1. The van der Waals surface area contributed by atoms with Crippen LogP contribution in [0.5, 0.6) is 0 Å². The summed E-state index contributed by atoms with van der Waals surface area (Å²) in [6, 6.07) is 10.3. The fourth-order valence-electron chi connectivity index (χ4n) is 2.16. The Morgan fingerprint density at radius 2 is 1.94 bits per heavy atom. The maximum absolute atomic E-state index is 11.8. The maximum atomic E-state index is 11.8. The SMILES string of the molecule is CC1=CO[C@@H](CCc2ccccc2)[C@H](C)C1=O. The van der Waals surface area contributed by atoms with Crippen LogP contribution in [0.25, 0.3) is 0 Å². The molecule has 0 spiro atoms. The second-order valence-corrected chi connectivity index (χ2v) is 4.65. The van der Waals surface area contributed by atoms with E-state index in [9.17, 15) is 4.79 Å². The van der Waals surface area contributed by atoms with Crippen molar-refractivity contribution in [2.24, 2.45) is 5.92 Å². The number of benzene rings is 1. The first-order valence-electron chi connectivity index (χ1n) is 6.09. The van der Waals surface area contributed by atoms with Crippen molar-refractivity contribution >= 4 is 5.78 Å². The molecular weight excluding hydrogens is 212 g/mol. The number of carbonyl (C=O) groups excluding carboxylic acids is 1. The Hall–Kier alpha value is -1.57. The van der Waals surface area contributed by atoms with E-state index in [1.165, 1.54) is 5.56 Å². The highest BCUT2D eigenvalue weighted by molar-refractivity contribution is 5.97. The lowest BCUT2D eigenvalue weighted by Crippen LogP contribution is -2.32. The average Bonchev–Trinajstić information content (AvgIpc) is 2.36. The molecule has 1 aromatic rings. The number of ketones is 1. The summed E-state index contributed by atoms with van der Waals surface area (Å²) in [7, 11) is 0. The van der Waals surface area contributed by atoms with Crippen LogP contribution in [0, 0.1) is 5.92 Å². The van der Waals surface area contributed by atoms with Crippen LogP contribution in [0.1, 0.15) is 25.8 Å². The van der Waals surface area contributed by atoms with Gasteiger partial charge in [-0.15, -0.1) is 0 Å². The van der Waals surface area contributed by atoms with Gasteiger partial charge in [0.1, 0.15) is 6.10 Å². The number of hydrogen-bond acceptors (Lipinski definition) is 2. The molecule has 0 radical (unpaired) electrons. The summed E-state index contributed by atoms with van der Waals surface area (Å²) in [6.45, 7) is 3.76. The molecule has 2 atom stereocenters. The van der Waals surface area contributed by atoms with Gasteiger partial charge in [-0.05, 0) is 25.3 Å². The molecule has 1 aliphatic rings. The Labute approximate surface area is 102 Å². The zero-order valence-electron chi connectivity index (χ0n) is 10.3. The summed E-state index contributed by atoms with van der Waals surface area (Å²) < 4.78 is 5.61. The van der Waals surface area contributed by atoms with Gasteiger partial charge in [-0.2, -0.15) is 0 Å². The van der Waals surface area contributed by atoms with E-state index in [-0.39, 0.29) is 17.8 Å². The molecule has 2 rings (SSSR count). The number of allylic oxidation sites excluding steroid dienone is 1. The fraction of sp³-hybridized carbons (Fsp3) is 0.400. The third-order valence-corrected chi connectivity index (χ3v) is 3.34. The first-order valence-corrected chi connectivity index (χ1v) is 6.09. The van der Waals surface area contributed by atoms with E-state index in [2.05, 4.69) is 12.1 Å². The molecule has 17 heavy (non-hydrogen) atoms. The average molecular weight is 230 g/mol. The zero-order valence-corrected chi connectivity index (χ0v) is 10.3. The lowest BCUT2D eigenvalue weighted by atomic mass is 9.90. The second kappa shape index (κ2) is 5.17. The van der Waals surface area contributed by atoms with Crippen LogP contribution in [0.2, 0.25) is 0 Å². The Morgan fingerprint density at radius 3 is 2.65 bits per heavy atom. The van der Waals surface area contributed by atoms with Gasteiger partial charge >= 0.3 is 0 Å². The molecule has 0 fully saturated rings. The van der Waals surface area contributed by atoms with Crippen molar-refractivity contribution in [3.05, 3.63) is 47.7 Å². The number of hydrogen-bond donors (Lipinski definition) is 0. The molecule has 2 nitrogen and oxygen atoms in total. The van der Waals surface area contributed by atoms with Crippen LogP contribution in [-0.4, -0.2) is 11.9 Å². The standard InChI is InChI=1S/C15H18O2/c1-11-10-17-14(12(2)15(11)16)9-8-13-6-4-3-5-7-13/h3-7,10,12,14H,8-9H2,1-2H3/t12-,14-/m0/s1. The molecule has 0 aliphatic carbocycles. The molecular formula is C15H18O2. The largest absolute Gasteiger partial charge is 0.497 e. The Bertz CT molecular complexity index is 420. The normalized spacial score (nSPS) is 24.1. The van der Waals surface area contributed by atoms with Crippen LogP contribution in [-0.2, 0) is 16.0 Å². The van der Waals surface area contributed by atoms with Gasteiger partial charge in [0, 0.05) is 5.57 Å². The lowest BCUT2D eigenvalue weighted by molar-refractivity contribution is -0.124. The molecule has 90 valence electrons. The predicted molar refractivity (Wildman–Crippen MR) is 67.6 cm³/mol. The van der Waals surface area contributed by atoms with Crippen LogP contribution in [0.15, 0.2) is 42.2 Å². The highest BCUT2D eigenvalue weighted by Crippen LogP contribution is 2.23. The van der Waals surface area contributed by atoms with E-state index in [1.54, 1.807) is 6.26 Å². The van der Waals surface area contributed by atoms with E-state index in [0.29, 0.717) is 0 Å². The first-order chi connectivity index (χ1) is 8.18. The van der Waals surface area contributed by atoms with Crippen molar-refractivity contribution in [1.82, 2.24) is 0 Å². The van der Waals surface area contributed by atoms with E-state index >= 15 is 0 Å². The quantitative estimate of drug-likeness (QED) is 0.797. The molecule has 2 heteroatoms. The van der Waals surface area contributed by atoms with Gasteiger partial charge in [-0.25, -0.2) is 0 Å². The Kier molecular flexibility index (Phi) is 3.62. The third-order valence-electron chi connectivity index (χ3n) is 3.34.